The molecule has 0 bridgehead atoms. The van der Waals surface area contributed by atoms with E-state index in [9.17, 15) is 14.7 Å². The van der Waals surface area contributed by atoms with Crippen molar-refractivity contribution < 1.29 is 19.4 Å². The third kappa shape index (κ3) is 4.86. The van der Waals surface area contributed by atoms with Gasteiger partial charge in [-0.3, -0.25) is 4.79 Å². The molecule has 0 atom stereocenters. The number of nitrogens with zero attached hydrogens (tertiary/aromatic N) is 1. The monoisotopic (exact) mass is 384 g/mol. The second kappa shape index (κ2) is 6.39. The fourth-order valence-corrected chi connectivity index (χ4v) is 2.94. The van der Waals surface area contributed by atoms with Gasteiger partial charge in [0, 0.05) is 23.2 Å². The van der Waals surface area contributed by atoms with Crippen molar-refractivity contribution in [1.29, 1.82) is 0 Å². The molecule has 1 aromatic carbocycles. The van der Waals surface area contributed by atoms with E-state index in [4.69, 9.17) is 4.74 Å². The van der Waals surface area contributed by atoms with Crippen LogP contribution in [-0.4, -0.2) is 46.3 Å². The second-order valence-corrected chi connectivity index (χ2v) is 7.74. The Kier molecular flexibility index (Phi) is 4.89. The normalized spacial score (nSPS) is 16.4. The van der Waals surface area contributed by atoms with Gasteiger partial charge in [-0.25, -0.2) is 4.79 Å². The summed E-state index contributed by atoms with van der Waals surface area (Å²) in [4.78, 5) is 24.7. The maximum absolute atomic E-state index is 12.0. The van der Waals surface area contributed by atoms with Gasteiger partial charge in [-0.15, -0.1) is 0 Å². The van der Waals surface area contributed by atoms with Gasteiger partial charge in [0.25, 0.3) is 0 Å². The molecule has 1 aromatic rings. The number of rotatable bonds is 4. The summed E-state index contributed by atoms with van der Waals surface area (Å²) in [5.41, 5.74) is -0.437. The van der Waals surface area contributed by atoms with Gasteiger partial charge in [-0.05, 0) is 39.0 Å². The van der Waals surface area contributed by atoms with Crippen LogP contribution in [0.2, 0.25) is 0 Å². The van der Waals surface area contributed by atoms with Gasteiger partial charge in [0.15, 0.2) is 0 Å². The van der Waals surface area contributed by atoms with Crippen molar-refractivity contribution in [3.63, 3.8) is 0 Å². The molecular formula is C16H21BrN2O4. The average Bonchev–Trinajstić information content (AvgIpc) is 2.32. The van der Waals surface area contributed by atoms with Gasteiger partial charge in [0.05, 0.1) is 12.0 Å². The molecule has 0 aliphatic carbocycles. The molecule has 0 unspecified atom stereocenters. The number of amides is 1. The summed E-state index contributed by atoms with van der Waals surface area (Å²) in [7, 11) is 0. The highest BCUT2D eigenvalue weighted by Crippen LogP contribution is 2.31. The Hall–Kier alpha value is -1.76. The Balaban J connectivity index is 2.06. The third-order valence-electron chi connectivity index (χ3n) is 3.36. The number of anilines is 1. The molecular weight excluding hydrogens is 364 g/mol. The van der Waals surface area contributed by atoms with Crippen molar-refractivity contribution in [1.82, 2.24) is 4.90 Å². The van der Waals surface area contributed by atoms with Crippen molar-refractivity contribution in [3.05, 3.63) is 28.7 Å². The number of nitrogens with one attached hydrogen (secondary N) is 1. The van der Waals surface area contributed by atoms with Crippen molar-refractivity contribution >= 4 is 33.7 Å². The molecule has 2 N–H and O–H groups in total. The molecule has 1 fully saturated rings. The van der Waals surface area contributed by atoms with Gasteiger partial charge in [-0.1, -0.05) is 22.0 Å². The molecule has 2 rings (SSSR count). The van der Waals surface area contributed by atoms with E-state index in [1.54, 1.807) is 20.8 Å². The van der Waals surface area contributed by atoms with E-state index >= 15 is 0 Å². The van der Waals surface area contributed by atoms with Gasteiger partial charge < -0.3 is 20.1 Å². The molecule has 1 aliphatic rings. The van der Waals surface area contributed by atoms with E-state index in [2.05, 4.69) is 21.2 Å². The average molecular weight is 385 g/mol. The number of ether oxygens (including phenoxy) is 1. The van der Waals surface area contributed by atoms with Crippen molar-refractivity contribution in [2.45, 2.75) is 38.3 Å². The number of carbonyl (C=O) groups is 2. The van der Waals surface area contributed by atoms with Gasteiger partial charge in [0.2, 0.25) is 0 Å². The van der Waals surface area contributed by atoms with Crippen molar-refractivity contribution in [2.24, 2.45) is 0 Å². The van der Waals surface area contributed by atoms with Crippen LogP contribution in [0.5, 0.6) is 0 Å². The molecule has 126 valence electrons. The molecule has 7 heteroatoms. The quantitative estimate of drug-likeness (QED) is 0.831. The lowest BCUT2D eigenvalue weighted by atomic mass is 9.86. The standard InChI is InChI=1S/C16H21BrN2O4/c1-15(2,3)23-14(22)19-9-16(10-19,8-13(20)21)18-12-6-4-5-11(17)7-12/h4-7,18H,8-10H2,1-3H3,(H,20,21). The molecule has 1 heterocycles. The largest absolute Gasteiger partial charge is 0.481 e. The molecule has 0 aromatic heterocycles. The zero-order valence-electron chi connectivity index (χ0n) is 13.4. The first-order chi connectivity index (χ1) is 10.6. The smallest absolute Gasteiger partial charge is 0.410 e. The fourth-order valence-electron chi connectivity index (χ4n) is 2.54. The summed E-state index contributed by atoms with van der Waals surface area (Å²) in [6, 6.07) is 7.50. The predicted molar refractivity (Wildman–Crippen MR) is 90.6 cm³/mol. The fraction of sp³-hybridized carbons (Fsp3) is 0.500. The minimum Gasteiger partial charge on any atom is -0.481 e. The first-order valence-corrected chi connectivity index (χ1v) is 8.11. The Bertz CT molecular complexity index is 606. The lowest BCUT2D eigenvalue weighted by molar-refractivity contribution is -0.139. The Morgan fingerprint density at radius 2 is 2.04 bits per heavy atom. The molecule has 23 heavy (non-hydrogen) atoms. The van der Waals surface area contributed by atoms with Crippen molar-refractivity contribution in [3.8, 4) is 0 Å². The molecule has 1 amide bonds. The van der Waals surface area contributed by atoms with Crippen LogP contribution in [0.15, 0.2) is 28.7 Å². The van der Waals surface area contributed by atoms with Gasteiger partial charge >= 0.3 is 12.1 Å². The Labute approximate surface area is 143 Å². The summed E-state index contributed by atoms with van der Waals surface area (Å²) in [5, 5.41) is 12.4. The number of carboxylic acids is 1. The topological polar surface area (TPSA) is 78.9 Å². The molecule has 1 aliphatic heterocycles. The Morgan fingerprint density at radius 1 is 1.39 bits per heavy atom. The van der Waals surface area contributed by atoms with E-state index in [0.29, 0.717) is 13.1 Å². The van der Waals surface area contributed by atoms with Crippen LogP contribution in [0, 0.1) is 0 Å². The van der Waals surface area contributed by atoms with Crippen LogP contribution in [0.1, 0.15) is 27.2 Å². The van der Waals surface area contributed by atoms with Crippen LogP contribution >= 0.6 is 15.9 Å². The number of hydrogen-bond donors (Lipinski definition) is 2. The SMILES string of the molecule is CC(C)(C)OC(=O)N1CC(CC(=O)O)(Nc2cccc(Br)c2)C1. The van der Waals surface area contributed by atoms with Gasteiger partial charge in [0.1, 0.15) is 5.60 Å². The predicted octanol–water partition coefficient (Wildman–Crippen LogP) is 3.33. The maximum atomic E-state index is 12.0. The van der Waals surface area contributed by atoms with E-state index in [1.165, 1.54) is 4.90 Å². The molecule has 0 spiro atoms. The number of carbonyl (C=O) groups excluding carboxylic acids is 1. The number of hydrogen-bond acceptors (Lipinski definition) is 4. The maximum Gasteiger partial charge on any atom is 0.410 e. The lowest BCUT2D eigenvalue weighted by Gasteiger charge is -2.50. The molecule has 0 radical (unpaired) electrons. The van der Waals surface area contributed by atoms with Crippen LogP contribution < -0.4 is 5.32 Å². The van der Waals surface area contributed by atoms with Crippen LogP contribution in [0.3, 0.4) is 0 Å². The lowest BCUT2D eigenvalue weighted by Crippen LogP contribution is -2.68. The molecule has 1 saturated heterocycles. The summed E-state index contributed by atoms with van der Waals surface area (Å²) >= 11 is 3.39. The van der Waals surface area contributed by atoms with E-state index < -0.39 is 23.2 Å². The number of carboxylic acid groups (broad SMARTS) is 1. The number of halogens is 1. The highest BCUT2D eigenvalue weighted by atomic mass is 79.9. The number of aliphatic carboxylic acids is 1. The third-order valence-corrected chi connectivity index (χ3v) is 3.86. The van der Waals surface area contributed by atoms with Crippen molar-refractivity contribution in [2.75, 3.05) is 18.4 Å². The van der Waals surface area contributed by atoms with E-state index in [-0.39, 0.29) is 6.42 Å². The number of benzene rings is 1. The minimum atomic E-state index is -0.906. The zero-order valence-corrected chi connectivity index (χ0v) is 15.0. The van der Waals surface area contributed by atoms with E-state index in [1.807, 2.05) is 24.3 Å². The highest BCUT2D eigenvalue weighted by Gasteiger charge is 2.48. The molecule has 6 nitrogen and oxygen atoms in total. The van der Waals surface area contributed by atoms with E-state index in [0.717, 1.165) is 10.2 Å². The summed E-state index contributed by atoms with van der Waals surface area (Å²) in [5.74, 6) is -0.906. The van der Waals surface area contributed by atoms with Crippen LogP contribution in [0.25, 0.3) is 0 Å². The molecule has 0 saturated carbocycles. The highest BCUT2D eigenvalue weighted by molar-refractivity contribution is 9.10. The first-order valence-electron chi connectivity index (χ1n) is 7.32. The Morgan fingerprint density at radius 3 is 2.57 bits per heavy atom. The second-order valence-electron chi connectivity index (χ2n) is 6.82. The van der Waals surface area contributed by atoms with Crippen LogP contribution in [0.4, 0.5) is 10.5 Å². The summed E-state index contributed by atoms with van der Waals surface area (Å²) in [6.45, 7) is 5.99. The summed E-state index contributed by atoms with van der Waals surface area (Å²) in [6.07, 6.45) is -0.492. The van der Waals surface area contributed by atoms with Crippen LogP contribution in [-0.2, 0) is 9.53 Å². The summed E-state index contributed by atoms with van der Waals surface area (Å²) < 4.78 is 6.21. The zero-order chi connectivity index (χ0) is 17.3. The van der Waals surface area contributed by atoms with Gasteiger partial charge in [-0.2, -0.15) is 0 Å². The first kappa shape index (κ1) is 17.6. The minimum absolute atomic E-state index is 0.0706. The number of likely N-dealkylation sites (tertiary alicyclic amines) is 1.